The fraction of sp³-hybridized carbons (Fsp3) is 0.681. The predicted octanol–water partition coefficient (Wildman–Crippen LogP) is 6.50. The third-order valence-electron chi connectivity index (χ3n) is 21.6. The standard InChI is InChI=1S/C72H101F8N11O12/c1-14-41(5)59-67(100)86(10)43(7)63(96)90-31-28-52(90)66(99)88(12)55(36-44-22-25-47(26-23-44)71(75,76)77)65(98)84(8)39-56(92)81-51(27-24-45-34-49(73)58(50(74)35-45)72(78,79)80)64(97)91-38-48(103-15-2)37-54(91)62(95)83-70(29-18-19-30-70)69(102)89(13)60(46-20-16-17-21-46)68(101)85(9)42(6)33-57(93)87(11)53(32-40(3)4)61(94)82-59/h22-23,25-26,34-35,40-43,46,48,51-55,59-60H,14-21,24,27-33,36-39H2,1-13H3,(H,81,92)(H,82,94)(H,83,95)/t41-,42+,43-,48+,51-,52-,53-,54-,55-,59-,60-/m0/s1. The quantitative estimate of drug-likeness (QED) is 0.192. The molecule has 0 unspecified atom stereocenters. The normalized spacial score (nSPS) is 27.2. The number of fused-ring (bicyclic) bond motifs is 2. The summed E-state index contributed by atoms with van der Waals surface area (Å²) in [5.41, 5.74) is -5.13. The Kier molecular flexibility index (Phi) is 27.4. The Labute approximate surface area is 596 Å². The van der Waals surface area contributed by atoms with Gasteiger partial charge < -0.3 is 59.9 Å². The van der Waals surface area contributed by atoms with E-state index in [9.17, 15) is 59.9 Å². The molecular formula is C72H101F8N11O12. The van der Waals surface area contributed by atoms with Crippen molar-refractivity contribution in [3.05, 3.63) is 70.3 Å². The van der Waals surface area contributed by atoms with Crippen molar-refractivity contribution in [2.24, 2.45) is 17.8 Å². The van der Waals surface area contributed by atoms with Crippen LogP contribution in [0.15, 0.2) is 36.4 Å². The van der Waals surface area contributed by atoms with Gasteiger partial charge in [-0.15, -0.1) is 0 Å². The summed E-state index contributed by atoms with van der Waals surface area (Å²) < 4.78 is 119. The smallest absolute Gasteiger partial charge is 0.377 e. The Bertz CT molecular complexity index is 3420. The van der Waals surface area contributed by atoms with Crippen molar-refractivity contribution >= 4 is 65.0 Å². The third-order valence-corrected chi connectivity index (χ3v) is 21.6. The molecule has 3 N–H and O–H groups in total. The molecule has 11 atom stereocenters. The number of likely N-dealkylation sites (N-methyl/N-ethyl adjacent to an activating group) is 6. The van der Waals surface area contributed by atoms with E-state index in [4.69, 9.17) is 4.74 Å². The Hall–Kier alpha value is -7.99. The number of hydrogen-bond acceptors (Lipinski definition) is 12. The lowest BCUT2D eigenvalue weighted by molar-refractivity contribution is -0.160. The summed E-state index contributed by atoms with van der Waals surface area (Å²) in [5, 5.41) is 8.39. The number of alkyl halides is 6. The number of amides is 11. The predicted molar refractivity (Wildman–Crippen MR) is 361 cm³/mol. The maximum atomic E-state index is 15.5. The van der Waals surface area contributed by atoms with Crippen molar-refractivity contribution in [1.29, 1.82) is 0 Å². The zero-order valence-corrected chi connectivity index (χ0v) is 61.1. The number of carbonyl (C=O) groups is 11. The zero-order chi connectivity index (χ0) is 76.7. The number of ether oxygens (including phenoxy) is 1. The van der Waals surface area contributed by atoms with Crippen LogP contribution >= 0.6 is 0 Å². The van der Waals surface area contributed by atoms with Crippen LogP contribution in [-0.4, -0.2) is 239 Å². The Morgan fingerprint density at radius 1 is 0.631 bits per heavy atom. The number of rotatable bonds is 12. The summed E-state index contributed by atoms with van der Waals surface area (Å²) in [4.78, 5) is 174. The lowest BCUT2D eigenvalue weighted by Gasteiger charge is -2.45. The molecule has 3 heterocycles. The van der Waals surface area contributed by atoms with Crippen LogP contribution < -0.4 is 16.0 Å². The SMILES string of the molecule is CCO[C@@H]1C[C@H]2C(=O)NC3(CCCC3)C(=O)N(C)[C@@H](C3CCCC3)C(=O)N(C)[C@H](C)CC(=O)N(C)[C@@H](CC(C)C)C(=O)N[C@@H]([C@@H](C)CC)C(=O)N(C)[C@@H](C)C(=O)N3CC[C@H]3C(=O)N(C)[C@@H](Cc3ccc(C(F)(F)F)cc3)C(=O)N(C)CC(=O)N[C@@H](CCc3cc(F)c(C(F)(F)F)c(F)c3)C(=O)N2C1. The molecular weight excluding hydrogens is 1360 g/mol. The largest absolute Gasteiger partial charge is 0.422 e. The number of benzene rings is 2. The first-order valence-corrected chi connectivity index (χ1v) is 35.6. The van der Waals surface area contributed by atoms with Gasteiger partial charge in [0.05, 0.1) is 18.2 Å². The minimum atomic E-state index is -5.44. The fourth-order valence-corrected chi connectivity index (χ4v) is 14.9. The van der Waals surface area contributed by atoms with Gasteiger partial charge in [-0.25, -0.2) is 8.78 Å². The minimum Gasteiger partial charge on any atom is -0.377 e. The van der Waals surface area contributed by atoms with Gasteiger partial charge in [-0.1, -0.05) is 71.9 Å². The molecule has 2 saturated carbocycles. The lowest BCUT2D eigenvalue weighted by Crippen LogP contribution is -2.65. The summed E-state index contributed by atoms with van der Waals surface area (Å²) >= 11 is 0. The van der Waals surface area contributed by atoms with Gasteiger partial charge in [0.1, 0.15) is 71.1 Å². The van der Waals surface area contributed by atoms with E-state index in [2.05, 4.69) is 16.0 Å². The second kappa shape index (κ2) is 34.3. The number of carbonyl (C=O) groups excluding carboxylic acids is 11. The van der Waals surface area contributed by atoms with Gasteiger partial charge in [-0.2, -0.15) is 26.3 Å². The first-order chi connectivity index (χ1) is 48.2. The van der Waals surface area contributed by atoms with E-state index in [0.717, 1.165) is 63.8 Å². The molecule has 3 saturated heterocycles. The van der Waals surface area contributed by atoms with E-state index in [1.54, 1.807) is 27.7 Å². The first-order valence-electron chi connectivity index (χ1n) is 35.6. The highest BCUT2D eigenvalue weighted by molar-refractivity contribution is 6.00. The average Bonchev–Trinajstić information content (AvgIpc) is 1.72. The minimum absolute atomic E-state index is 0.00521. The van der Waals surface area contributed by atoms with Gasteiger partial charge in [0.15, 0.2) is 0 Å². The van der Waals surface area contributed by atoms with Crippen LogP contribution in [-0.2, 0) is 82.7 Å². The van der Waals surface area contributed by atoms with E-state index in [0.29, 0.717) is 44.2 Å². The van der Waals surface area contributed by atoms with Crippen LogP contribution in [0, 0.1) is 29.4 Å². The molecule has 1 spiro atoms. The molecule has 103 heavy (non-hydrogen) atoms. The molecule has 2 aliphatic carbocycles. The Balaban J connectivity index is 1.31. The summed E-state index contributed by atoms with van der Waals surface area (Å²) in [7, 11) is 8.15. The number of nitrogens with one attached hydrogen (secondary N) is 3. The molecule has 2 aromatic carbocycles. The molecule has 0 aromatic heterocycles. The van der Waals surface area contributed by atoms with Crippen LogP contribution in [0.4, 0.5) is 35.1 Å². The number of nitrogens with zero attached hydrogens (tertiary/aromatic N) is 8. The van der Waals surface area contributed by atoms with E-state index in [1.165, 1.54) is 61.8 Å². The Morgan fingerprint density at radius 3 is 1.79 bits per heavy atom. The molecule has 0 radical (unpaired) electrons. The van der Waals surface area contributed by atoms with Gasteiger partial charge in [-0.05, 0) is 125 Å². The second-order valence-electron chi connectivity index (χ2n) is 29.1. The monoisotopic (exact) mass is 1460 g/mol. The zero-order valence-electron chi connectivity index (χ0n) is 61.1. The Morgan fingerprint density at radius 2 is 1.24 bits per heavy atom. The van der Waals surface area contributed by atoms with Gasteiger partial charge >= 0.3 is 12.4 Å². The third kappa shape index (κ3) is 19.1. The molecule has 2 aromatic rings. The highest BCUT2D eigenvalue weighted by Crippen LogP contribution is 2.39. The molecule has 3 aliphatic heterocycles. The summed E-state index contributed by atoms with van der Waals surface area (Å²) in [6.07, 6.45) is -8.91. The summed E-state index contributed by atoms with van der Waals surface area (Å²) in [6, 6.07) is -7.21. The number of aryl methyl sites for hydroxylation is 1. The second-order valence-corrected chi connectivity index (χ2v) is 29.1. The maximum absolute atomic E-state index is 15.5. The molecule has 7 rings (SSSR count). The maximum Gasteiger partial charge on any atom is 0.422 e. The highest BCUT2D eigenvalue weighted by atomic mass is 19.4. The van der Waals surface area contributed by atoms with Crippen LogP contribution in [0.2, 0.25) is 0 Å². The molecule has 11 amide bonds. The van der Waals surface area contributed by atoms with Crippen molar-refractivity contribution < 1.29 is 92.6 Å². The van der Waals surface area contributed by atoms with Crippen molar-refractivity contribution in [2.45, 2.75) is 230 Å². The van der Waals surface area contributed by atoms with Gasteiger partial charge in [0.2, 0.25) is 65.0 Å². The van der Waals surface area contributed by atoms with Crippen molar-refractivity contribution in [3.63, 3.8) is 0 Å². The molecule has 5 fully saturated rings. The van der Waals surface area contributed by atoms with Gasteiger partial charge in [-0.3, -0.25) is 52.7 Å². The molecule has 31 heteroatoms. The average molecular weight is 1460 g/mol. The molecule has 23 nitrogen and oxygen atoms in total. The van der Waals surface area contributed by atoms with Crippen LogP contribution in [0.25, 0.3) is 0 Å². The summed E-state index contributed by atoms with van der Waals surface area (Å²) in [6.45, 7) is 10.8. The van der Waals surface area contributed by atoms with Crippen LogP contribution in [0.5, 0.6) is 0 Å². The number of halogens is 8. The van der Waals surface area contributed by atoms with Crippen molar-refractivity contribution in [1.82, 2.24) is 55.1 Å². The number of hydrogen-bond donors (Lipinski definition) is 3. The van der Waals surface area contributed by atoms with E-state index in [-0.39, 0.29) is 81.2 Å². The molecule has 5 aliphatic rings. The lowest BCUT2D eigenvalue weighted by atomic mass is 9.90. The summed E-state index contributed by atoms with van der Waals surface area (Å²) in [5.74, 6) is -13.5. The fourth-order valence-electron chi connectivity index (χ4n) is 14.9. The van der Waals surface area contributed by atoms with E-state index < -0.39 is 198 Å². The molecule has 572 valence electrons. The van der Waals surface area contributed by atoms with Gasteiger partial charge in [0, 0.05) is 87.3 Å². The van der Waals surface area contributed by atoms with Crippen molar-refractivity contribution in [2.75, 3.05) is 68.5 Å². The van der Waals surface area contributed by atoms with Crippen LogP contribution in [0.3, 0.4) is 0 Å². The highest BCUT2D eigenvalue weighted by Gasteiger charge is 2.53. The topological polar surface area (TPSA) is 259 Å². The molecule has 0 bridgehead atoms. The van der Waals surface area contributed by atoms with E-state index >= 15 is 28.0 Å². The van der Waals surface area contributed by atoms with Crippen molar-refractivity contribution in [3.8, 4) is 0 Å². The van der Waals surface area contributed by atoms with E-state index in [1.807, 2.05) is 13.8 Å². The first kappa shape index (κ1) is 82.3. The van der Waals surface area contributed by atoms with Gasteiger partial charge in [0.25, 0.3) is 0 Å². The van der Waals surface area contributed by atoms with Crippen LogP contribution in [0.1, 0.15) is 161 Å².